The molecule has 1 aromatic carbocycles. The van der Waals surface area contributed by atoms with Crippen LogP contribution in [0, 0.1) is 6.92 Å². The van der Waals surface area contributed by atoms with Gasteiger partial charge in [-0.1, -0.05) is 6.07 Å². The van der Waals surface area contributed by atoms with Crippen molar-refractivity contribution in [1.29, 1.82) is 0 Å². The van der Waals surface area contributed by atoms with Crippen LogP contribution in [0.2, 0.25) is 0 Å². The molecule has 0 saturated heterocycles. The van der Waals surface area contributed by atoms with E-state index in [9.17, 15) is 9.59 Å². The zero-order chi connectivity index (χ0) is 13.7. The quantitative estimate of drug-likeness (QED) is 0.763. The molecule has 98 valence electrons. The number of carbonyl (C=O) groups excluding carboxylic acids is 2. The molecule has 0 saturated carbocycles. The number of esters is 2. The SMILES string of the molecule is COC(=O)c1ccc(C)c(OC(C)C(=O)OC)c1. The Morgan fingerprint density at radius 2 is 1.83 bits per heavy atom. The van der Waals surface area contributed by atoms with Gasteiger partial charge in [-0.2, -0.15) is 0 Å². The number of benzene rings is 1. The molecule has 1 atom stereocenters. The molecule has 0 radical (unpaired) electrons. The molecule has 1 unspecified atom stereocenters. The van der Waals surface area contributed by atoms with Gasteiger partial charge in [0.1, 0.15) is 5.75 Å². The third kappa shape index (κ3) is 3.23. The van der Waals surface area contributed by atoms with Gasteiger partial charge < -0.3 is 14.2 Å². The molecule has 0 amide bonds. The van der Waals surface area contributed by atoms with Crippen LogP contribution >= 0.6 is 0 Å². The van der Waals surface area contributed by atoms with E-state index in [4.69, 9.17) is 4.74 Å². The Morgan fingerprint density at radius 1 is 1.17 bits per heavy atom. The fourth-order valence-corrected chi connectivity index (χ4v) is 1.38. The van der Waals surface area contributed by atoms with Gasteiger partial charge in [-0.15, -0.1) is 0 Å². The summed E-state index contributed by atoms with van der Waals surface area (Å²) in [6.07, 6.45) is -0.735. The minimum atomic E-state index is -0.735. The Morgan fingerprint density at radius 3 is 2.39 bits per heavy atom. The molecular formula is C13H16O5. The summed E-state index contributed by atoms with van der Waals surface area (Å²) in [6, 6.07) is 4.91. The fourth-order valence-electron chi connectivity index (χ4n) is 1.38. The van der Waals surface area contributed by atoms with Gasteiger partial charge in [-0.25, -0.2) is 9.59 Å². The summed E-state index contributed by atoms with van der Waals surface area (Å²) in [5.74, 6) is -0.473. The Balaban J connectivity index is 2.94. The Labute approximate surface area is 106 Å². The van der Waals surface area contributed by atoms with E-state index in [0.29, 0.717) is 11.3 Å². The Bertz CT molecular complexity index is 453. The molecule has 0 fully saturated rings. The van der Waals surface area contributed by atoms with E-state index in [1.807, 2.05) is 6.92 Å². The van der Waals surface area contributed by atoms with Gasteiger partial charge in [0, 0.05) is 0 Å². The topological polar surface area (TPSA) is 61.8 Å². The highest BCUT2D eigenvalue weighted by Gasteiger charge is 2.17. The maximum absolute atomic E-state index is 11.4. The molecule has 18 heavy (non-hydrogen) atoms. The molecule has 0 spiro atoms. The first-order valence-corrected chi connectivity index (χ1v) is 5.43. The lowest BCUT2D eigenvalue weighted by atomic mass is 10.1. The molecule has 0 bridgehead atoms. The lowest BCUT2D eigenvalue weighted by Gasteiger charge is -2.15. The van der Waals surface area contributed by atoms with Crippen molar-refractivity contribution in [2.24, 2.45) is 0 Å². The lowest BCUT2D eigenvalue weighted by Crippen LogP contribution is -2.25. The molecule has 1 aromatic rings. The van der Waals surface area contributed by atoms with Crippen LogP contribution in [0.3, 0.4) is 0 Å². The maximum Gasteiger partial charge on any atom is 0.346 e. The van der Waals surface area contributed by atoms with Crippen molar-refractivity contribution in [2.75, 3.05) is 14.2 Å². The number of hydrogen-bond donors (Lipinski definition) is 0. The van der Waals surface area contributed by atoms with E-state index in [2.05, 4.69) is 9.47 Å². The van der Waals surface area contributed by atoms with Crippen LogP contribution in [0.15, 0.2) is 18.2 Å². The third-order valence-corrected chi connectivity index (χ3v) is 2.45. The number of methoxy groups -OCH3 is 2. The predicted octanol–water partition coefficient (Wildman–Crippen LogP) is 1.72. The zero-order valence-corrected chi connectivity index (χ0v) is 10.9. The second-order valence-electron chi connectivity index (χ2n) is 3.76. The van der Waals surface area contributed by atoms with Crippen LogP contribution < -0.4 is 4.74 Å². The van der Waals surface area contributed by atoms with Crippen molar-refractivity contribution in [1.82, 2.24) is 0 Å². The fraction of sp³-hybridized carbons (Fsp3) is 0.385. The van der Waals surface area contributed by atoms with Gasteiger partial charge in [0.25, 0.3) is 0 Å². The maximum atomic E-state index is 11.4. The van der Waals surface area contributed by atoms with E-state index in [-0.39, 0.29) is 0 Å². The Hall–Kier alpha value is -2.04. The number of aryl methyl sites for hydroxylation is 1. The number of hydrogen-bond acceptors (Lipinski definition) is 5. The average Bonchev–Trinajstić information content (AvgIpc) is 2.39. The first-order valence-electron chi connectivity index (χ1n) is 5.43. The summed E-state index contributed by atoms with van der Waals surface area (Å²) in [6.45, 7) is 3.40. The van der Waals surface area contributed by atoms with Crippen molar-refractivity contribution < 1.29 is 23.8 Å². The van der Waals surface area contributed by atoms with E-state index in [1.54, 1.807) is 25.1 Å². The summed E-state index contributed by atoms with van der Waals surface area (Å²) in [7, 11) is 2.60. The van der Waals surface area contributed by atoms with Gasteiger partial charge in [0.15, 0.2) is 6.10 Å². The predicted molar refractivity (Wildman–Crippen MR) is 64.6 cm³/mol. The first-order chi connectivity index (χ1) is 8.49. The largest absolute Gasteiger partial charge is 0.479 e. The smallest absolute Gasteiger partial charge is 0.346 e. The van der Waals surface area contributed by atoms with Crippen molar-refractivity contribution in [3.05, 3.63) is 29.3 Å². The van der Waals surface area contributed by atoms with Gasteiger partial charge in [-0.05, 0) is 31.5 Å². The second-order valence-corrected chi connectivity index (χ2v) is 3.76. The molecule has 1 rings (SSSR count). The van der Waals surface area contributed by atoms with Gasteiger partial charge in [0.2, 0.25) is 0 Å². The van der Waals surface area contributed by atoms with Crippen molar-refractivity contribution >= 4 is 11.9 Å². The Kier molecular flexibility index (Phi) is 4.71. The van der Waals surface area contributed by atoms with Crippen molar-refractivity contribution in [2.45, 2.75) is 20.0 Å². The summed E-state index contributed by atoms with van der Waals surface area (Å²) in [5.41, 5.74) is 1.19. The average molecular weight is 252 g/mol. The van der Waals surface area contributed by atoms with Crippen LogP contribution in [0.25, 0.3) is 0 Å². The van der Waals surface area contributed by atoms with E-state index in [0.717, 1.165) is 5.56 Å². The highest BCUT2D eigenvalue weighted by Crippen LogP contribution is 2.21. The highest BCUT2D eigenvalue weighted by atomic mass is 16.6. The molecule has 5 heteroatoms. The highest BCUT2D eigenvalue weighted by molar-refractivity contribution is 5.90. The standard InChI is InChI=1S/C13H16O5/c1-8-5-6-10(13(15)17-4)7-11(8)18-9(2)12(14)16-3/h5-7,9H,1-4H3. The van der Waals surface area contributed by atoms with Crippen LogP contribution in [0.4, 0.5) is 0 Å². The lowest BCUT2D eigenvalue weighted by molar-refractivity contribution is -0.147. The van der Waals surface area contributed by atoms with E-state index < -0.39 is 18.0 Å². The number of carbonyl (C=O) groups is 2. The second kappa shape index (κ2) is 6.05. The number of ether oxygens (including phenoxy) is 3. The minimum absolute atomic E-state index is 0.371. The monoisotopic (exact) mass is 252 g/mol. The minimum Gasteiger partial charge on any atom is -0.479 e. The molecule has 5 nitrogen and oxygen atoms in total. The van der Waals surface area contributed by atoms with Crippen LogP contribution in [0.1, 0.15) is 22.8 Å². The summed E-state index contributed by atoms with van der Waals surface area (Å²) >= 11 is 0. The molecule has 0 aliphatic heterocycles. The number of rotatable bonds is 4. The normalized spacial score (nSPS) is 11.6. The van der Waals surface area contributed by atoms with E-state index in [1.165, 1.54) is 14.2 Å². The zero-order valence-electron chi connectivity index (χ0n) is 10.9. The summed E-state index contributed by atoms with van der Waals surface area (Å²) in [4.78, 5) is 22.6. The molecule has 0 aliphatic carbocycles. The molecule has 0 N–H and O–H groups in total. The summed E-state index contributed by atoms with van der Waals surface area (Å²) in [5, 5.41) is 0. The third-order valence-electron chi connectivity index (χ3n) is 2.45. The molecule has 0 aromatic heterocycles. The molecular weight excluding hydrogens is 236 g/mol. The van der Waals surface area contributed by atoms with Crippen LogP contribution in [-0.4, -0.2) is 32.3 Å². The molecule has 0 aliphatic rings. The van der Waals surface area contributed by atoms with Gasteiger partial charge in [-0.3, -0.25) is 0 Å². The molecule has 0 heterocycles. The van der Waals surface area contributed by atoms with Gasteiger partial charge in [0.05, 0.1) is 19.8 Å². The van der Waals surface area contributed by atoms with Gasteiger partial charge >= 0.3 is 11.9 Å². The first kappa shape index (κ1) is 14.0. The van der Waals surface area contributed by atoms with E-state index >= 15 is 0 Å². The van der Waals surface area contributed by atoms with Crippen molar-refractivity contribution in [3.63, 3.8) is 0 Å². The van der Waals surface area contributed by atoms with Crippen LogP contribution in [-0.2, 0) is 14.3 Å². The van der Waals surface area contributed by atoms with Crippen LogP contribution in [0.5, 0.6) is 5.75 Å². The summed E-state index contributed by atoms with van der Waals surface area (Å²) < 4.78 is 14.6. The van der Waals surface area contributed by atoms with Crippen molar-refractivity contribution in [3.8, 4) is 5.75 Å².